The number of nitrogens with one attached hydrogen (secondary N) is 1. The van der Waals surface area contributed by atoms with E-state index in [1.807, 2.05) is 0 Å². The van der Waals surface area contributed by atoms with Gasteiger partial charge in [-0.3, -0.25) is 9.59 Å². The van der Waals surface area contributed by atoms with E-state index in [-0.39, 0.29) is 18.8 Å². The number of carbonyl (C=O) groups excluding carboxylic acids is 1. The molecule has 1 rings (SSSR count). The third-order valence-corrected chi connectivity index (χ3v) is 4.28. The Labute approximate surface area is 129 Å². The molecule has 7 nitrogen and oxygen atoms in total. The van der Waals surface area contributed by atoms with E-state index in [1.165, 1.54) is 7.11 Å². The van der Waals surface area contributed by atoms with Crippen LogP contribution in [-0.4, -0.2) is 50.6 Å². The second-order valence-electron chi connectivity index (χ2n) is 4.73. The maximum atomic E-state index is 11.7. The highest BCUT2D eigenvalue weighted by atomic mass is 32.2. The van der Waals surface area contributed by atoms with E-state index >= 15 is 0 Å². The second-order valence-corrected chi connectivity index (χ2v) is 6.91. The maximum Gasteiger partial charge on any atom is 0.303 e. The fourth-order valence-corrected chi connectivity index (χ4v) is 2.77. The molecule has 0 atom stereocenters. The summed E-state index contributed by atoms with van der Waals surface area (Å²) < 4.78 is 27.9. The molecule has 2 N–H and O–H groups in total. The third-order valence-electron chi connectivity index (χ3n) is 2.79. The number of anilines is 1. The molecule has 0 unspecified atom stereocenters. The number of carboxylic acids is 1. The minimum atomic E-state index is -3.51. The highest BCUT2D eigenvalue weighted by Crippen LogP contribution is 2.12. The molecule has 0 saturated carbocycles. The van der Waals surface area contributed by atoms with Crippen LogP contribution in [0, 0.1) is 0 Å². The molecule has 0 bridgehead atoms. The summed E-state index contributed by atoms with van der Waals surface area (Å²) in [6.07, 6.45) is 0.327. The lowest BCUT2D eigenvalue weighted by atomic mass is 10.1. The number of carboxylic acid groups (broad SMARTS) is 1. The van der Waals surface area contributed by atoms with Crippen molar-refractivity contribution in [2.24, 2.45) is 0 Å². The molecule has 0 heterocycles. The average molecular weight is 329 g/mol. The molecule has 8 heteroatoms. The van der Waals surface area contributed by atoms with Crippen LogP contribution in [0.3, 0.4) is 0 Å². The van der Waals surface area contributed by atoms with Crippen LogP contribution in [0.2, 0.25) is 0 Å². The first-order chi connectivity index (χ1) is 10.3. The number of amides is 1. The van der Waals surface area contributed by atoms with Crippen LogP contribution < -0.4 is 5.32 Å². The van der Waals surface area contributed by atoms with Crippen molar-refractivity contribution in [3.63, 3.8) is 0 Å². The lowest BCUT2D eigenvalue weighted by molar-refractivity contribution is -0.137. The largest absolute Gasteiger partial charge is 0.481 e. The fraction of sp³-hybridized carbons (Fsp3) is 0.429. The van der Waals surface area contributed by atoms with E-state index in [0.717, 1.165) is 5.56 Å². The SMILES string of the molecule is COCCS(=O)(=O)CC(=O)Nc1cccc(CCC(=O)O)c1. The topological polar surface area (TPSA) is 110 Å². The number of aliphatic carboxylic acids is 1. The number of ether oxygens (including phenoxy) is 1. The predicted octanol–water partition coefficient (Wildman–Crippen LogP) is 0.703. The number of aryl methyl sites for hydroxylation is 1. The van der Waals surface area contributed by atoms with E-state index in [4.69, 9.17) is 5.11 Å². The van der Waals surface area contributed by atoms with E-state index in [1.54, 1.807) is 24.3 Å². The molecule has 122 valence electrons. The Hall–Kier alpha value is -1.93. The van der Waals surface area contributed by atoms with E-state index in [0.29, 0.717) is 12.1 Å². The molecule has 1 aromatic rings. The molecule has 0 aromatic heterocycles. The summed E-state index contributed by atoms with van der Waals surface area (Å²) >= 11 is 0. The van der Waals surface area contributed by atoms with Gasteiger partial charge in [0.05, 0.1) is 12.4 Å². The number of hydrogen-bond donors (Lipinski definition) is 2. The van der Waals surface area contributed by atoms with Crippen LogP contribution in [0.25, 0.3) is 0 Å². The van der Waals surface area contributed by atoms with Gasteiger partial charge in [0.1, 0.15) is 5.75 Å². The zero-order valence-corrected chi connectivity index (χ0v) is 13.1. The Kier molecular flexibility index (Phi) is 7.00. The van der Waals surface area contributed by atoms with Crippen molar-refractivity contribution in [2.45, 2.75) is 12.8 Å². The molecule has 0 saturated heterocycles. The number of hydrogen-bond acceptors (Lipinski definition) is 5. The van der Waals surface area contributed by atoms with Crippen LogP contribution in [0.1, 0.15) is 12.0 Å². The van der Waals surface area contributed by atoms with Crippen molar-refractivity contribution in [3.05, 3.63) is 29.8 Å². The van der Waals surface area contributed by atoms with Gasteiger partial charge in [0, 0.05) is 19.2 Å². The molecule has 1 amide bonds. The number of sulfone groups is 1. The minimum Gasteiger partial charge on any atom is -0.481 e. The molecular weight excluding hydrogens is 310 g/mol. The minimum absolute atomic E-state index is 0.0111. The summed E-state index contributed by atoms with van der Waals surface area (Å²) in [6, 6.07) is 6.66. The van der Waals surface area contributed by atoms with Crippen molar-refractivity contribution in [1.29, 1.82) is 0 Å². The van der Waals surface area contributed by atoms with Gasteiger partial charge >= 0.3 is 5.97 Å². The Morgan fingerprint density at radius 1 is 1.32 bits per heavy atom. The second kappa shape index (κ2) is 8.50. The van der Waals surface area contributed by atoms with Crippen molar-refractivity contribution in [2.75, 3.05) is 30.5 Å². The molecule has 0 fully saturated rings. The van der Waals surface area contributed by atoms with E-state index < -0.39 is 27.5 Å². The van der Waals surface area contributed by atoms with Gasteiger partial charge in [0.25, 0.3) is 0 Å². The van der Waals surface area contributed by atoms with E-state index in [2.05, 4.69) is 10.1 Å². The summed E-state index contributed by atoms with van der Waals surface area (Å²) in [6.45, 7) is 0.0420. The molecule has 0 spiro atoms. The Bertz CT molecular complexity index is 626. The first-order valence-corrected chi connectivity index (χ1v) is 8.44. The number of methoxy groups -OCH3 is 1. The lowest BCUT2D eigenvalue weighted by Crippen LogP contribution is -2.26. The molecule has 1 aromatic carbocycles. The normalized spacial score (nSPS) is 11.1. The van der Waals surface area contributed by atoms with Crippen LogP contribution in [0.15, 0.2) is 24.3 Å². The Morgan fingerprint density at radius 2 is 2.05 bits per heavy atom. The third kappa shape index (κ3) is 7.19. The van der Waals surface area contributed by atoms with Gasteiger partial charge in [-0.05, 0) is 24.1 Å². The standard InChI is InChI=1S/C14H19NO6S/c1-21-7-8-22(19,20)10-13(16)15-12-4-2-3-11(9-12)5-6-14(17)18/h2-4,9H,5-8,10H2,1H3,(H,15,16)(H,17,18). The molecule has 0 aliphatic rings. The van der Waals surface area contributed by atoms with Gasteiger partial charge in [-0.1, -0.05) is 12.1 Å². The zero-order valence-electron chi connectivity index (χ0n) is 12.2. The van der Waals surface area contributed by atoms with Crippen molar-refractivity contribution in [1.82, 2.24) is 0 Å². The Morgan fingerprint density at radius 3 is 2.68 bits per heavy atom. The number of rotatable bonds is 9. The maximum absolute atomic E-state index is 11.7. The highest BCUT2D eigenvalue weighted by molar-refractivity contribution is 7.92. The summed E-state index contributed by atoms with van der Waals surface area (Å²) in [5.74, 6) is -2.36. The number of carbonyl (C=O) groups is 2. The van der Waals surface area contributed by atoms with Crippen molar-refractivity contribution < 1.29 is 27.9 Å². The first-order valence-electron chi connectivity index (χ1n) is 6.62. The summed E-state index contributed by atoms with van der Waals surface area (Å²) in [7, 11) is -2.12. The molecule has 0 aliphatic heterocycles. The van der Waals surface area contributed by atoms with Crippen LogP contribution in [0.5, 0.6) is 0 Å². The monoisotopic (exact) mass is 329 g/mol. The Balaban J connectivity index is 2.61. The van der Waals surface area contributed by atoms with Gasteiger partial charge in [-0.25, -0.2) is 8.42 Å². The zero-order chi connectivity index (χ0) is 16.6. The molecular formula is C14H19NO6S. The van der Waals surface area contributed by atoms with Crippen LogP contribution in [0.4, 0.5) is 5.69 Å². The average Bonchev–Trinajstić information content (AvgIpc) is 2.42. The molecule has 0 aliphatic carbocycles. The predicted molar refractivity (Wildman–Crippen MR) is 81.6 cm³/mol. The highest BCUT2D eigenvalue weighted by Gasteiger charge is 2.16. The summed E-state index contributed by atoms with van der Waals surface area (Å²) in [4.78, 5) is 22.3. The van der Waals surface area contributed by atoms with Gasteiger partial charge in [0.15, 0.2) is 9.84 Å². The lowest BCUT2D eigenvalue weighted by Gasteiger charge is -2.08. The fourth-order valence-electron chi connectivity index (χ4n) is 1.74. The smallest absolute Gasteiger partial charge is 0.303 e. The number of benzene rings is 1. The van der Waals surface area contributed by atoms with Gasteiger partial charge < -0.3 is 15.2 Å². The van der Waals surface area contributed by atoms with Crippen molar-refractivity contribution in [3.8, 4) is 0 Å². The van der Waals surface area contributed by atoms with Gasteiger partial charge in [-0.15, -0.1) is 0 Å². The quantitative estimate of drug-likeness (QED) is 0.690. The van der Waals surface area contributed by atoms with Crippen LogP contribution >= 0.6 is 0 Å². The molecule has 22 heavy (non-hydrogen) atoms. The first kappa shape index (κ1) is 18.1. The van der Waals surface area contributed by atoms with Crippen molar-refractivity contribution >= 4 is 27.4 Å². The summed E-state index contributed by atoms with van der Waals surface area (Å²) in [5, 5.41) is 11.1. The molecule has 0 radical (unpaired) electrons. The van der Waals surface area contributed by atoms with Crippen LogP contribution in [-0.2, 0) is 30.6 Å². The van der Waals surface area contributed by atoms with Gasteiger partial charge in [-0.2, -0.15) is 0 Å². The van der Waals surface area contributed by atoms with Gasteiger partial charge in [0.2, 0.25) is 5.91 Å². The van der Waals surface area contributed by atoms with E-state index in [9.17, 15) is 18.0 Å². The summed E-state index contributed by atoms with van der Waals surface area (Å²) in [5.41, 5.74) is 1.19.